The Morgan fingerprint density at radius 1 is 1.69 bits per heavy atom. The van der Waals surface area contributed by atoms with Gasteiger partial charge in [-0.3, -0.25) is 4.79 Å². The Labute approximate surface area is 108 Å². The lowest BCUT2D eigenvalue weighted by atomic mass is 10.1. The van der Waals surface area contributed by atoms with Crippen molar-refractivity contribution in [2.24, 2.45) is 0 Å². The van der Waals surface area contributed by atoms with Crippen molar-refractivity contribution in [2.45, 2.75) is 38.8 Å². The summed E-state index contributed by atoms with van der Waals surface area (Å²) in [5.74, 6) is -0.761. The van der Waals surface area contributed by atoms with E-state index >= 15 is 0 Å². The van der Waals surface area contributed by atoms with Crippen LogP contribution in [0.1, 0.15) is 31.7 Å². The first-order valence-corrected chi connectivity index (χ1v) is 7.00. The number of carboxylic acids is 1. The zero-order valence-corrected chi connectivity index (χ0v) is 11.6. The van der Waals surface area contributed by atoms with E-state index in [9.17, 15) is 4.79 Å². The Morgan fingerprint density at radius 2 is 2.44 bits per heavy atom. The van der Waals surface area contributed by atoms with Gasteiger partial charge in [0.2, 0.25) is 0 Å². The Balaban J connectivity index is 2.40. The number of carbonyl (C=O) groups is 1. The topological polar surface area (TPSA) is 49.3 Å². The molecular weight excluding hydrogens is 290 g/mol. The second kappa shape index (κ2) is 7.04. The van der Waals surface area contributed by atoms with Gasteiger partial charge in [-0.25, -0.2) is 0 Å². The van der Waals surface area contributed by atoms with Crippen LogP contribution in [0.3, 0.4) is 0 Å². The first kappa shape index (κ1) is 13.7. The summed E-state index contributed by atoms with van der Waals surface area (Å²) in [6.07, 6.45) is 2.66. The van der Waals surface area contributed by atoms with Crippen molar-refractivity contribution < 1.29 is 9.90 Å². The van der Waals surface area contributed by atoms with Gasteiger partial charge in [0, 0.05) is 6.54 Å². The number of hydrogen-bond acceptors (Lipinski definition) is 3. The third-order valence-corrected chi connectivity index (χ3v) is 3.87. The van der Waals surface area contributed by atoms with Crippen molar-refractivity contribution in [3.63, 3.8) is 0 Å². The van der Waals surface area contributed by atoms with E-state index in [0.717, 1.165) is 22.2 Å². The summed E-state index contributed by atoms with van der Waals surface area (Å²) in [6.45, 7) is 2.68. The first-order chi connectivity index (χ1) is 7.63. The standard InChI is InChI=1S/C11H16BrNO2S/c1-2-3-4-9(11(14)15)13-6-8-5-10(12)16-7-8/h5,7,9,13H,2-4,6H2,1H3,(H,14,15). The number of unbranched alkanes of at least 4 members (excludes halogenated alkanes) is 1. The quantitative estimate of drug-likeness (QED) is 0.813. The molecule has 0 bridgehead atoms. The van der Waals surface area contributed by atoms with E-state index < -0.39 is 12.0 Å². The normalized spacial score (nSPS) is 12.6. The smallest absolute Gasteiger partial charge is 0.320 e. The monoisotopic (exact) mass is 305 g/mol. The summed E-state index contributed by atoms with van der Waals surface area (Å²) < 4.78 is 1.07. The minimum atomic E-state index is -0.761. The second-order valence-corrected chi connectivity index (χ2v) is 5.96. The maximum atomic E-state index is 11.0. The zero-order valence-electron chi connectivity index (χ0n) is 9.20. The van der Waals surface area contributed by atoms with E-state index in [1.807, 2.05) is 11.4 Å². The van der Waals surface area contributed by atoms with Crippen LogP contribution in [0.2, 0.25) is 0 Å². The van der Waals surface area contributed by atoms with E-state index in [1.54, 1.807) is 11.3 Å². The highest BCUT2D eigenvalue weighted by Crippen LogP contribution is 2.20. The summed E-state index contributed by atoms with van der Waals surface area (Å²) in [5, 5.41) is 14.1. The molecule has 90 valence electrons. The summed E-state index contributed by atoms with van der Waals surface area (Å²) in [5.41, 5.74) is 1.12. The van der Waals surface area contributed by atoms with E-state index in [-0.39, 0.29) is 0 Å². The van der Waals surface area contributed by atoms with E-state index in [1.165, 1.54) is 0 Å². The molecule has 0 radical (unpaired) electrons. The summed E-state index contributed by atoms with van der Waals surface area (Å²) in [6, 6.07) is 1.58. The zero-order chi connectivity index (χ0) is 12.0. The molecule has 0 spiro atoms. The van der Waals surface area contributed by atoms with E-state index in [2.05, 4.69) is 28.2 Å². The lowest BCUT2D eigenvalue weighted by molar-refractivity contribution is -0.139. The summed E-state index contributed by atoms with van der Waals surface area (Å²) in [7, 11) is 0. The predicted octanol–water partition coefficient (Wildman–Crippen LogP) is 3.24. The van der Waals surface area contributed by atoms with Crippen LogP contribution in [-0.4, -0.2) is 17.1 Å². The molecule has 1 aromatic heterocycles. The third-order valence-electron chi connectivity index (χ3n) is 2.32. The van der Waals surface area contributed by atoms with Crippen LogP contribution < -0.4 is 5.32 Å². The summed E-state index contributed by atoms with van der Waals surface area (Å²) in [4.78, 5) is 11.0. The molecule has 1 unspecified atom stereocenters. The maximum absolute atomic E-state index is 11.0. The number of rotatable bonds is 7. The van der Waals surface area contributed by atoms with Crippen LogP contribution in [0.5, 0.6) is 0 Å². The van der Waals surface area contributed by atoms with Crippen LogP contribution in [-0.2, 0) is 11.3 Å². The van der Waals surface area contributed by atoms with Gasteiger partial charge < -0.3 is 10.4 Å². The minimum absolute atomic E-state index is 0.432. The number of nitrogens with one attached hydrogen (secondary N) is 1. The van der Waals surface area contributed by atoms with Gasteiger partial charge in [0.25, 0.3) is 0 Å². The van der Waals surface area contributed by atoms with Crippen LogP contribution in [0.25, 0.3) is 0 Å². The average molecular weight is 306 g/mol. The molecule has 0 aliphatic heterocycles. The van der Waals surface area contributed by atoms with Crippen LogP contribution >= 0.6 is 27.3 Å². The van der Waals surface area contributed by atoms with Crippen LogP contribution in [0, 0.1) is 0 Å². The highest BCUT2D eigenvalue weighted by atomic mass is 79.9. The van der Waals surface area contributed by atoms with Gasteiger partial charge in [-0.05, 0) is 39.4 Å². The molecule has 5 heteroatoms. The number of thiophene rings is 1. The SMILES string of the molecule is CCCCC(NCc1csc(Br)c1)C(=O)O. The number of halogens is 1. The number of carboxylic acid groups (broad SMARTS) is 1. The first-order valence-electron chi connectivity index (χ1n) is 5.32. The fourth-order valence-corrected chi connectivity index (χ4v) is 2.61. The molecule has 0 aliphatic rings. The molecule has 0 aromatic carbocycles. The number of hydrogen-bond donors (Lipinski definition) is 2. The highest BCUT2D eigenvalue weighted by molar-refractivity contribution is 9.11. The van der Waals surface area contributed by atoms with Crippen molar-refractivity contribution in [3.8, 4) is 0 Å². The fourth-order valence-electron chi connectivity index (χ4n) is 1.40. The van der Waals surface area contributed by atoms with Gasteiger partial charge in [-0.2, -0.15) is 0 Å². The van der Waals surface area contributed by atoms with Crippen molar-refractivity contribution in [2.75, 3.05) is 0 Å². The lowest BCUT2D eigenvalue weighted by Gasteiger charge is -2.13. The van der Waals surface area contributed by atoms with E-state index in [4.69, 9.17) is 5.11 Å². The fraction of sp³-hybridized carbons (Fsp3) is 0.545. The Bertz CT molecular complexity index is 340. The van der Waals surface area contributed by atoms with Crippen molar-refractivity contribution in [3.05, 3.63) is 20.8 Å². The average Bonchev–Trinajstić information content (AvgIpc) is 2.64. The predicted molar refractivity (Wildman–Crippen MR) is 69.8 cm³/mol. The maximum Gasteiger partial charge on any atom is 0.320 e. The molecule has 0 amide bonds. The molecule has 1 rings (SSSR count). The second-order valence-electron chi connectivity index (χ2n) is 3.67. The van der Waals surface area contributed by atoms with Gasteiger partial charge in [-0.1, -0.05) is 19.8 Å². The lowest BCUT2D eigenvalue weighted by Crippen LogP contribution is -2.36. The van der Waals surface area contributed by atoms with Crippen LogP contribution in [0.15, 0.2) is 15.2 Å². The molecule has 16 heavy (non-hydrogen) atoms. The van der Waals surface area contributed by atoms with Crippen molar-refractivity contribution in [1.29, 1.82) is 0 Å². The molecule has 0 saturated carbocycles. The Hall–Kier alpha value is -0.390. The molecule has 2 N–H and O–H groups in total. The Morgan fingerprint density at radius 3 is 2.94 bits per heavy atom. The van der Waals surface area contributed by atoms with Gasteiger partial charge in [0.05, 0.1) is 3.79 Å². The largest absolute Gasteiger partial charge is 0.480 e. The molecule has 0 aliphatic carbocycles. The Kier molecular flexibility index (Phi) is 6.01. The molecular formula is C11H16BrNO2S. The minimum Gasteiger partial charge on any atom is -0.480 e. The van der Waals surface area contributed by atoms with E-state index in [0.29, 0.717) is 13.0 Å². The van der Waals surface area contributed by atoms with Gasteiger partial charge in [0.15, 0.2) is 0 Å². The molecule has 0 fully saturated rings. The van der Waals surface area contributed by atoms with Crippen molar-refractivity contribution in [1.82, 2.24) is 5.32 Å². The molecule has 0 saturated heterocycles. The summed E-state index contributed by atoms with van der Waals surface area (Å²) >= 11 is 5.00. The van der Waals surface area contributed by atoms with Crippen LogP contribution in [0.4, 0.5) is 0 Å². The molecule has 3 nitrogen and oxygen atoms in total. The van der Waals surface area contributed by atoms with Gasteiger partial charge in [0.1, 0.15) is 6.04 Å². The van der Waals surface area contributed by atoms with Gasteiger partial charge >= 0.3 is 5.97 Å². The molecule has 1 aromatic rings. The van der Waals surface area contributed by atoms with Gasteiger partial charge in [-0.15, -0.1) is 11.3 Å². The molecule has 1 heterocycles. The third kappa shape index (κ3) is 4.63. The van der Waals surface area contributed by atoms with Crippen molar-refractivity contribution >= 4 is 33.2 Å². The number of aliphatic carboxylic acids is 1. The molecule has 1 atom stereocenters. The highest BCUT2D eigenvalue weighted by Gasteiger charge is 2.15.